The van der Waals surface area contributed by atoms with Crippen LogP contribution in [0.15, 0.2) is 0 Å². The standard InChI is InChI=1S/C6H12Cl2O3/c7-5(1-3-9)11-6(8)2-4-10/h5-6,9-10H,1-4H2. The van der Waals surface area contributed by atoms with Gasteiger partial charge in [-0.3, -0.25) is 0 Å². The Kier molecular flexibility index (Phi) is 7.43. The van der Waals surface area contributed by atoms with Gasteiger partial charge in [0.15, 0.2) is 0 Å². The molecule has 0 fully saturated rings. The average Bonchev–Trinajstić information content (AvgIpc) is 1.87. The summed E-state index contributed by atoms with van der Waals surface area (Å²) in [5, 5.41) is 16.8. The van der Waals surface area contributed by atoms with Crippen LogP contribution in [0.5, 0.6) is 0 Å². The zero-order valence-corrected chi connectivity index (χ0v) is 7.55. The Morgan fingerprint density at radius 1 is 1.00 bits per heavy atom. The van der Waals surface area contributed by atoms with Crippen LogP contribution in [0, 0.1) is 0 Å². The van der Waals surface area contributed by atoms with Gasteiger partial charge in [-0.2, -0.15) is 0 Å². The van der Waals surface area contributed by atoms with Crippen LogP contribution in [0.3, 0.4) is 0 Å². The summed E-state index contributed by atoms with van der Waals surface area (Å²) in [6.45, 7) is -0.0617. The number of ether oxygens (including phenoxy) is 1. The minimum atomic E-state index is -0.575. The summed E-state index contributed by atoms with van der Waals surface area (Å²) in [7, 11) is 0. The average molecular weight is 203 g/mol. The minimum absolute atomic E-state index is 0.0309. The predicted octanol–water partition coefficient (Wildman–Crippen LogP) is 0.898. The van der Waals surface area contributed by atoms with Gasteiger partial charge in [-0.15, -0.1) is 0 Å². The van der Waals surface area contributed by atoms with Crippen molar-refractivity contribution >= 4 is 23.2 Å². The summed E-state index contributed by atoms with van der Waals surface area (Å²) in [6, 6.07) is 0. The van der Waals surface area contributed by atoms with Crippen molar-refractivity contribution in [1.82, 2.24) is 0 Å². The van der Waals surface area contributed by atoms with E-state index in [2.05, 4.69) is 0 Å². The zero-order chi connectivity index (χ0) is 8.69. The summed E-state index contributed by atoms with van der Waals surface area (Å²) in [4.78, 5) is 0. The highest BCUT2D eigenvalue weighted by molar-refractivity contribution is 6.21. The first-order valence-corrected chi connectivity index (χ1v) is 4.23. The van der Waals surface area contributed by atoms with Crippen molar-refractivity contribution in [3.8, 4) is 0 Å². The van der Waals surface area contributed by atoms with E-state index in [0.717, 1.165) is 0 Å². The molecule has 0 bridgehead atoms. The quantitative estimate of drug-likeness (QED) is 0.630. The summed E-state index contributed by atoms with van der Waals surface area (Å²) in [5.74, 6) is 0. The van der Waals surface area contributed by atoms with Gasteiger partial charge in [0.2, 0.25) is 0 Å². The molecule has 68 valence electrons. The van der Waals surface area contributed by atoms with Gasteiger partial charge >= 0.3 is 0 Å². The van der Waals surface area contributed by atoms with E-state index in [9.17, 15) is 0 Å². The molecule has 0 aliphatic carbocycles. The first-order valence-electron chi connectivity index (χ1n) is 3.36. The largest absolute Gasteiger partial charge is 0.396 e. The first kappa shape index (κ1) is 11.5. The first-order chi connectivity index (χ1) is 5.20. The van der Waals surface area contributed by atoms with Crippen molar-refractivity contribution in [3.05, 3.63) is 0 Å². The van der Waals surface area contributed by atoms with Crippen LogP contribution in [-0.4, -0.2) is 34.6 Å². The molecule has 2 atom stereocenters. The molecule has 0 amide bonds. The molecule has 0 rings (SSSR count). The number of alkyl halides is 2. The lowest BCUT2D eigenvalue weighted by molar-refractivity contribution is 0.0519. The lowest BCUT2D eigenvalue weighted by Gasteiger charge is -2.13. The number of halogens is 2. The van der Waals surface area contributed by atoms with Crippen LogP contribution in [0.25, 0.3) is 0 Å². The molecule has 0 aliphatic heterocycles. The fraction of sp³-hybridized carbons (Fsp3) is 1.00. The number of aliphatic hydroxyl groups excluding tert-OH is 2. The molecule has 0 saturated carbocycles. The molecule has 5 heteroatoms. The molecular formula is C6H12Cl2O3. The van der Waals surface area contributed by atoms with Gasteiger partial charge in [-0.1, -0.05) is 23.2 Å². The van der Waals surface area contributed by atoms with Gasteiger partial charge in [-0.25, -0.2) is 0 Å². The topological polar surface area (TPSA) is 49.7 Å². The van der Waals surface area contributed by atoms with Crippen molar-refractivity contribution in [3.63, 3.8) is 0 Å². The fourth-order valence-electron chi connectivity index (χ4n) is 0.499. The van der Waals surface area contributed by atoms with E-state index in [0.29, 0.717) is 12.8 Å². The molecule has 0 aromatic heterocycles. The predicted molar refractivity (Wildman–Crippen MR) is 43.8 cm³/mol. The maximum atomic E-state index is 8.42. The Morgan fingerprint density at radius 3 is 1.64 bits per heavy atom. The van der Waals surface area contributed by atoms with Crippen molar-refractivity contribution < 1.29 is 14.9 Å². The number of hydrogen-bond donors (Lipinski definition) is 2. The summed E-state index contributed by atoms with van der Waals surface area (Å²) >= 11 is 11.1. The third-order valence-electron chi connectivity index (χ3n) is 1.01. The molecule has 2 unspecified atom stereocenters. The van der Waals surface area contributed by atoms with E-state index in [1.807, 2.05) is 0 Å². The van der Waals surface area contributed by atoms with E-state index in [-0.39, 0.29) is 13.2 Å². The molecular weight excluding hydrogens is 191 g/mol. The van der Waals surface area contributed by atoms with Crippen LogP contribution in [0.1, 0.15) is 12.8 Å². The minimum Gasteiger partial charge on any atom is -0.396 e. The smallest absolute Gasteiger partial charge is 0.135 e. The van der Waals surface area contributed by atoms with Gasteiger partial charge in [0.25, 0.3) is 0 Å². The van der Waals surface area contributed by atoms with E-state index < -0.39 is 11.1 Å². The highest BCUT2D eigenvalue weighted by atomic mass is 35.5. The van der Waals surface area contributed by atoms with Crippen LogP contribution in [0.2, 0.25) is 0 Å². The van der Waals surface area contributed by atoms with Crippen molar-refractivity contribution in [2.24, 2.45) is 0 Å². The van der Waals surface area contributed by atoms with Gasteiger partial charge in [0.05, 0.1) is 0 Å². The van der Waals surface area contributed by atoms with Crippen molar-refractivity contribution in [2.75, 3.05) is 13.2 Å². The molecule has 11 heavy (non-hydrogen) atoms. The number of aliphatic hydroxyl groups is 2. The maximum Gasteiger partial charge on any atom is 0.135 e. The van der Waals surface area contributed by atoms with Crippen LogP contribution in [-0.2, 0) is 4.74 Å². The SMILES string of the molecule is OCCC(Cl)OC(Cl)CCO. The molecule has 0 aromatic rings. The Labute approximate surface area is 75.9 Å². The second kappa shape index (κ2) is 7.13. The monoisotopic (exact) mass is 202 g/mol. The summed E-state index contributed by atoms with van der Waals surface area (Å²) in [5.41, 5.74) is -1.15. The molecule has 0 aliphatic rings. The van der Waals surface area contributed by atoms with Gasteiger partial charge in [-0.05, 0) is 0 Å². The highest BCUT2D eigenvalue weighted by Crippen LogP contribution is 2.12. The maximum absolute atomic E-state index is 8.42. The van der Waals surface area contributed by atoms with E-state index in [1.165, 1.54) is 0 Å². The molecule has 2 N–H and O–H groups in total. The highest BCUT2D eigenvalue weighted by Gasteiger charge is 2.10. The van der Waals surface area contributed by atoms with E-state index in [4.69, 9.17) is 38.2 Å². The third kappa shape index (κ3) is 6.84. The molecule has 0 heterocycles. The molecule has 0 saturated heterocycles. The fourth-order valence-corrected chi connectivity index (χ4v) is 0.995. The lowest BCUT2D eigenvalue weighted by Crippen LogP contribution is -2.15. The Bertz CT molecular complexity index is 81.9. The van der Waals surface area contributed by atoms with E-state index >= 15 is 0 Å². The molecule has 0 radical (unpaired) electrons. The second-order valence-corrected chi connectivity index (χ2v) is 2.95. The summed E-state index contributed by atoms with van der Waals surface area (Å²) in [6.07, 6.45) is 0.687. The molecule has 3 nitrogen and oxygen atoms in total. The van der Waals surface area contributed by atoms with Crippen molar-refractivity contribution in [1.29, 1.82) is 0 Å². The number of hydrogen-bond acceptors (Lipinski definition) is 3. The normalized spacial score (nSPS) is 16.4. The van der Waals surface area contributed by atoms with Crippen LogP contribution >= 0.6 is 23.2 Å². The van der Waals surface area contributed by atoms with Gasteiger partial charge in [0, 0.05) is 26.1 Å². The Balaban J connectivity index is 3.32. The second-order valence-electron chi connectivity index (χ2n) is 1.98. The third-order valence-corrected chi connectivity index (χ3v) is 1.65. The van der Waals surface area contributed by atoms with Crippen molar-refractivity contribution in [2.45, 2.75) is 24.0 Å². The van der Waals surface area contributed by atoms with Crippen LogP contribution < -0.4 is 0 Å². The molecule has 0 spiro atoms. The number of rotatable bonds is 6. The zero-order valence-electron chi connectivity index (χ0n) is 6.04. The Morgan fingerprint density at radius 2 is 1.36 bits per heavy atom. The van der Waals surface area contributed by atoms with Gasteiger partial charge in [0.1, 0.15) is 11.1 Å². The van der Waals surface area contributed by atoms with E-state index in [1.54, 1.807) is 0 Å². The lowest BCUT2D eigenvalue weighted by atomic mass is 10.4. The molecule has 0 aromatic carbocycles. The van der Waals surface area contributed by atoms with Crippen LogP contribution in [0.4, 0.5) is 0 Å². The summed E-state index contributed by atoms with van der Waals surface area (Å²) < 4.78 is 4.94. The Hall–Kier alpha value is 0.460. The van der Waals surface area contributed by atoms with Gasteiger partial charge < -0.3 is 14.9 Å².